The van der Waals surface area contributed by atoms with Gasteiger partial charge in [-0.05, 0) is 74.5 Å². The highest BCUT2D eigenvalue weighted by Crippen LogP contribution is 2.14. The molecule has 114 valence electrons. The van der Waals surface area contributed by atoms with Gasteiger partial charge in [0.15, 0.2) is 0 Å². The number of hydrogen-bond donors (Lipinski definition) is 1. The average Bonchev–Trinajstić information content (AvgIpc) is 2.85. The Morgan fingerprint density at radius 2 is 1.86 bits per heavy atom. The van der Waals surface area contributed by atoms with Crippen molar-refractivity contribution in [3.8, 4) is 5.69 Å². The van der Waals surface area contributed by atoms with Crippen LogP contribution < -0.4 is 5.32 Å². The van der Waals surface area contributed by atoms with Crippen LogP contribution in [0.1, 0.15) is 37.0 Å². The quantitative estimate of drug-likeness (QED) is 0.787. The normalized spacial score (nSPS) is 11.3. The van der Waals surface area contributed by atoms with Crippen molar-refractivity contribution in [1.29, 1.82) is 0 Å². The van der Waals surface area contributed by atoms with Gasteiger partial charge in [0.05, 0.1) is 11.9 Å². The third kappa shape index (κ3) is 5.01. The molecule has 0 atom stereocenters. The third-order valence-corrected chi connectivity index (χ3v) is 3.48. The second kappa shape index (κ2) is 7.41. The molecule has 1 aromatic heterocycles. The smallest absolute Gasteiger partial charge is 0.0650 e. The van der Waals surface area contributed by atoms with E-state index in [1.54, 1.807) is 0 Å². The van der Waals surface area contributed by atoms with Crippen molar-refractivity contribution in [2.24, 2.45) is 5.92 Å². The zero-order valence-electron chi connectivity index (χ0n) is 13.7. The van der Waals surface area contributed by atoms with Crippen molar-refractivity contribution < 1.29 is 0 Å². The van der Waals surface area contributed by atoms with Crippen LogP contribution in [0.25, 0.3) is 5.69 Å². The van der Waals surface area contributed by atoms with Crippen LogP contribution in [0.3, 0.4) is 0 Å². The molecule has 0 aliphatic carbocycles. The van der Waals surface area contributed by atoms with Crippen molar-refractivity contribution in [3.63, 3.8) is 0 Å². The van der Waals surface area contributed by atoms with Gasteiger partial charge in [0.1, 0.15) is 0 Å². The summed E-state index contributed by atoms with van der Waals surface area (Å²) in [6, 6.07) is 6.54. The van der Waals surface area contributed by atoms with E-state index in [1.807, 2.05) is 10.9 Å². The van der Waals surface area contributed by atoms with E-state index in [1.165, 1.54) is 16.7 Å². The van der Waals surface area contributed by atoms with Gasteiger partial charge >= 0.3 is 0 Å². The minimum atomic E-state index is 0.720. The molecule has 0 aliphatic heterocycles. The number of nitrogens with zero attached hydrogens (tertiary/aromatic N) is 2. The van der Waals surface area contributed by atoms with Crippen LogP contribution in [0.5, 0.6) is 0 Å². The molecule has 0 saturated heterocycles. The van der Waals surface area contributed by atoms with Crippen LogP contribution >= 0.6 is 0 Å². The molecule has 0 spiro atoms. The van der Waals surface area contributed by atoms with Gasteiger partial charge in [-0.25, -0.2) is 4.68 Å². The molecule has 1 N–H and O–H groups in total. The lowest BCUT2D eigenvalue weighted by Gasteiger charge is -2.06. The van der Waals surface area contributed by atoms with Crippen molar-refractivity contribution in [3.05, 3.63) is 47.3 Å². The van der Waals surface area contributed by atoms with E-state index in [9.17, 15) is 0 Å². The number of aryl methyl sites for hydroxylation is 3. The summed E-state index contributed by atoms with van der Waals surface area (Å²) < 4.78 is 1.98. The zero-order chi connectivity index (χ0) is 15.2. The van der Waals surface area contributed by atoms with E-state index in [0.717, 1.165) is 37.5 Å². The first-order chi connectivity index (χ1) is 10.0. The summed E-state index contributed by atoms with van der Waals surface area (Å²) in [7, 11) is 0. The molecule has 0 amide bonds. The predicted molar refractivity (Wildman–Crippen MR) is 89.1 cm³/mol. The van der Waals surface area contributed by atoms with Gasteiger partial charge in [0.2, 0.25) is 0 Å². The Kier molecular flexibility index (Phi) is 5.57. The maximum Gasteiger partial charge on any atom is 0.0650 e. The van der Waals surface area contributed by atoms with Gasteiger partial charge in [-0.2, -0.15) is 5.10 Å². The number of rotatable bonds is 7. The Labute approximate surface area is 128 Å². The lowest BCUT2D eigenvalue weighted by molar-refractivity contribution is 0.543. The van der Waals surface area contributed by atoms with Gasteiger partial charge in [-0.1, -0.05) is 19.9 Å². The van der Waals surface area contributed by atoms with Crippen molar-refractivity contribution >= 4 is 0 Å². The molecule has 0 bridgehead atoms. The summed E-state index contributed by atoms with van der Waals surface area (Å²) in [6.45, 7) is 10.9. The Balaban J connectivity index is 1.89. The highest BCUT2D eigenvalue weighted by molar-refractivity contribution is 5.39. The van der Waals surface area contributed by atoms with Gasteiger partial charge in [0, 0.05) is 6.20 Å². The molecule has 0 radical (unpaired) electrons. The van der Waals surface area contributed by atoms with Gasteiger partial charge in [-0.3, -0.25) is 0 Å². The fraction of sp³-hybridized carbons (Fsp3) is 0.500. The zero-order valence-corrected chi connectivity index (χ0v) is 13.7. The number of hydrogen-bond acceptors (Lipinski definition) is 2. The number of benzene rings is 1. The Hall–Kier alpha value is -1.61. The summed E-state index contributed by atoms with van der Waals surface area (Å²) in [5, 5.41) is 7.97. The second-order valence-corrected chi connectivity index (χ2v) is 6.34. The van der Waals surface area contributed by atoms with E-state index in [4.69, 9.17) is 0 Å². The minimum absolute atomic E-state index is 0.720. The molecule has 2 aromatic rings. The average molecular weight is 285 g/mol. The Bertz CT molecular complexity index is 549. The fourth-order valence-electron chi connectivity index (χ4n) is 2.52. The summed E-state index contributed by atoms with van der Waals surface area (Å²) in [4.78, 5) is 0. The van der Waals surface area contributed by atoms with E-state index in [-0.39, 0.29) is 0 Å². The van der Waals surface area contributed by atoms with Gasteiger partial charge in [-0.15, -0.1) is 0 Å². The van der Waals surface area contributed by atoms with Crippen molar-refractivity contribution in [2.75, 3.05) is 13.1 Å². The molecule has 0 fully saturated rings. The molecule has 0 unspecified atom stereocenters. The highest BCUT2D eigenvalue weighted by atomic mass is 15.3. The maximum atomic E-state index is 4.49. The number of aromatic nitrogens is 2. The molecule has 1 aromatic carbocycles. The van der Waals surface area contributed by atoms with Gasteiger partial charge < -0.3 is 5.32 Å². The summed E-state index contributed by atoms with van der Waals surface area (Å²) in [6.07, 6.45) is 6.37. The summed E-state index contributed by atoms with van der Waals surface area (Å²) in [5.41, 5.74) is 5.01. The van der Waals surface area contributed by atoms with Crippen molar-refractivity contribution in [1.82, 2.24) is 15.1 Å². The standard InChI is InChI=1S/C18H27N3/c1-14(2)11-19-7-5-6-17-12-20-21(13-17)18-9-15(3)8-16(4)10-18/h8-10,12-14,19H,5-7,11H2,1-4H3. The van der Waals surface area contributed by atoms with Crippen LogP contribution in [-0.4, -0.2) is 22.9 Å². The first-order valence-corrected chi connectivity index (χ1v) is 7.87. The lowest BCUT2D eigenvalue weighted by atomic mass is 10.1. The van der Waals surface area contributed by atoms with Crippen LogP contribution in [0, 0.1) is 19.8 Å². The Morgan fingerprint density at radius 3 is 2.52 bits per heavy atom. The summed E-state index contributed by atoms with van der Waals surface area (Å²) >= 11 is 0. The van der Waals surface area contributed by atoms with Gasteiger partial charge in [0.25, 0.3) is 0 Å². The predicted octanol–water partition coefficient (Wildman–Crippen LogP) is 3.67. The Morgan fingerprint density at radius 1 is 1.14 bits per heavy atom. The van der Waals surface area contributed by atoms with E-state index >= 15 is 0 Å². The van der Waals surface area contributed by atoms with Crippen molar-refractivity contribution in [2.45, 2.75) is 40.5 Å². The van der Waals surface area contributed by atoms with E-state index in [0.29, 0.717) is 0 Å². The van der Waals surface area contributed by atoms with Crippen LogP contribution in [0.15, 0.2) is 30.6 Å². The molecule has 2 rings (SSSR count). The third-order valence-electron chi connectivity index (χ3n) is 3.48. The molecular formula is C18H27N3. The van der Waals surface area contributed by atoms with E-state index in [2.05, 4.69) is 62.5 Å². The van der Waals surface area contributed by atoms with Crippen LogP contribution in [0.2, 0.25) is 0 Å². The van der Waals surface area contributed by atoms with E-state index < -0.39 is 0 Å². The molecule has 1 heterocycles. The molecule has 3 heteroatoms. The topological polar surface area (TPSA) is 29.9 Å². The van der Waals surface area contributed by atoms with Crippen LogP contribution in [0.4, 0.5) is 0 Å². The monoisotopic (exact) mass is 285 g/mol. The maximum absolute atomic E-state index is 4.49. The number of nitrogens with one attached hydrogen (secondary N) is 1. The molecule has 0 saturated carbocycles. The first-order valence-electron chi connectivity index (χ1n) is 7.87. The molecular weight excluding hydrogens is 258 g/mol. The summed E-state index contributed by atoms with van der Waals surface area (Å²) in [5.74, 6) is 0.720. The minimum Gasteiger partial charge on any atom is -0.316 e. The second-order valence-electron chi connectivity index (χ2n) is 6.34. The molecule has 21 heavy (non-hydrogen) atoms. The largest absolute Gasteiger partial charge is 0.316 e. The highest BCUT2D eigenvalue weighted by Gasteiger charge is 2.03. The fourth-order valence-corrected chi connectivity index (χ4v) is 2.52. The molecule has 3 nitrogen and oxygen atoms in total. The molecule has 0 aliphatic rings. The SMILES string of the molecule is Cc1cc(C)cc(-n2cc(CCCNCC(C)C)cn2)c1. The first kappa shape index (κ1) is 15.8. The lowest BCUT2D eigenvalue weighted by Crippen LogP contribution is -2.20. The van der Waals surface area contributed by atoms with Crippen LogP contribution in [-0.2, 0) is 6.42 Å².